The molecule has 5 fully saturated rings. The minimum Gasteiger partial charge on any atom is -0.460 e. The maximum absolute atomic E-state index is 11.8. The van der Waals surface area contributed by atoms with Crippen molar-refractivity contribution in [2.75, 3.05) is 21.3 Å². The van der Waals surface area contributed by atoms with Crippen molar-refractivity contribution in [3.8, 4) is 0 Å². The lowest BCUT2D eigenvalue weighted by molar-refractivity contribution is -0.347. The maximum atomic E-state index is 11.8. The van der Waals surface area contributed by atoms with E-state index >= 15 is 0 Å². The Morgan fingerprint density at radius 3 is 1.37 bits per heavy atom. The number of carbonyl (C=O) groups is 1. The topological polar surface area (TPSA) is 189 Å². The summed E-state index contributed by atoms with van der Waals surface area (Å²) in [5.41, 5.74) is 0. The standard InChI is InChI=1S/C33H56O16/c1-14-29(37)21(38-6)12-27(42-14)49-33-18(5)45-28(13-23(33)40-8)47-31-16(3)43-25(9-19(31)34)46-30-15(2)44-26(10-20(30)35)48-32-17(4)41-24(36)11-22(32)39-7/h14-23,25-35,37H,9-13H2,1-8H3/t14-,15-,16-,17-,18-,19-,20+,21-,22-,23+,25+,26+,27+,28+,29-,30-,31-,32-,33-/m1/s1. The number of hydrogen-bond donors (Lipinski definition) is 3. The molecule has 49 heavy (non-hydrogen) atoms. The number of carbonyl (C=O) groups excluding carboxylic acids is 1. The molecule has 3 N–H and O–H groups in total. The number of methoxy groups -OCH3 is 3. The summed E-state index contributed by atoms with van der Waals surface area (Å²) in [6.45, 7) is 8.90. The fourth-order valence-electron chi connectivity index (χ4n) is 7.48. The smallest absolute Gasteiger partial charge is 0.308 e. The fourth-order valence-corrected chi connectivity index (χ4v) is 7.48. The predicted octanol–water partition coefficient (Wildman–Crippen LogP) is 0.530. The van der Waals surface area contributed by atoms with E-state index in [1.165, 1.54) is 7.11 Å². The van der Waals surface area contributed by atoms with Gasteiger partial charge in [-0.05, 0) is 34.6 Å². The van der Waals surface area contributed by atoms with Gasteiger partial charge in [-0.25, -0.2) is 0 Å². The second-order valence-corrected chi connectivity index (χ2v) is 13.8. The molecule has 16 nitrogen and oxygen atoms in total. The molecule has 5 aliphatic rings. The molecular weight excluding hydrogens is 652 g/mol. The minimum atomic E-state index is -0.952. The fraction of sp³-hybridized carbons (Fsp3) is 0.970. The van der Waals surface area contributed by atoms with E-state index in [0.717, 1.165) is 0 Å². The first-order chi connectivity index (χ1) is 23.3. The van der Waals surface area contributed by atoms with Crippen LogP contribution in [0.1, 0.15) is 66.7 Å². The molecule has 0 amide bonds. The lowest BCUT2D eigenvalue weighted by Crippen LogP contribution is -2.58. The van der Waals surface area contributed by atoms with Gasteiger partial charge in [0.15, 0.2) is 25.2 Å². The summed E-state index contributed by atoms with van der Waals surface area (Å²) < 4.78 is 71.0. The number of cyclic esters (lactones) is 1. The van der Waals surface area contributed by atoms with Crippen LogP contribution in [0.15, 0.2) is 0 Å². The van der Waals surface area contributed by atoms with Crippen LogP contribution in [0.2, 0.25) is 0 Å². The summed E-state index contributed by atoms with van der Waals surface area (Å²) in [5, 5.41) is 32.5. The number of esters is 1. The van der Waals surface area contributed by atoms with Crippen LogP contribution in [0.3, 0.4) is 0 Å². The third-order valence-electron chi connectivity index (χ3n) is 10.2. The summed E-state index contributed by atoms with van der Waals surface area (Å²) in [4.78, 5) is 11.8. The zero-order chi connectivity index (χ0) is 35.6. The molecule has 0 spiro atoms. The molecule has 284 valence electrons. The van der Waals surface area contributed by atoms with E-state index in [1.54, 1.807) is 41.9 Å². The van der Waals surface area contributed by atoms with E-state index in [4.69, 9.17) is 56.8 Å². The van der Waals surface area contributed by atoms with Crippen LogP contribution in [0, 0.1) is 0 Å². The van der Waals surface area contributed by atoms with Crippen LogP contribution in [0.5, 0.6) is 0 Å². The van der Waals surface area contributed by atoms with Crippen molar-refractivity contribution >= 4 is 5.97 Å². The average Bonchev–Trinajstić information content (AvgIpc) is 3.04. The molecule has 0 aliphatic carbocycles. The molecular formula is C33H56O16. The molecule has 5 saturated heterocycles. The lowest BCUT2D eigenvalue weighted by atomic mass is 9.98. The van der Waals surface area contributed by atoms with Gasteiger partial charge >= 0.3 is 5.97 Å². The Balaban J connectivity index is 1.10. The largest absolute Gasteiger partial charge is 0.460 e. The Bertz CT molecular complexity index is 1030. The van der Waals surface area contributed by atoms with E-state index < -0.39 is 117 Å². The van der Waals surface area contributed by atoms with Gasteiger partial charge in [0.05, 0.1) is 61.4 Å². The maximum Gasteiger partial charge on any atom is 0.308 e. The van der Waals surface area contributed by atoms with Crippen molar-refractivity contribution in [1.29, 1.82) is 0 Å². The summed E-state index contributed by atoms with van der Waals surface area (Å²) in [7, 11) is 4.65. The molecule has 5 rings (SSSR count). The first-order valence-corrected chi connectivity index (χ1v) is 17.4. The molecule has 0 aromatic heterocycles. The molecule has 0 radical (unpaired) electrons. The summed E-state index contributed by atoms with van der Waals surface area (Å²) in [6, 6.07) is 0. The number of rotatable bonds is 11. The summed E-state index contributed by atoms with van der Waals surface area (Å²) >= 11 is 0. The highest BCUT2D eigenvalue weighted by Gasteiger charge is 2.48. The van der Waals surface area contributed by atoms with Gasteiger partial charge in [0.2, 0.25) is 0 Å². The van der Waals surface area contributed by atoms with E-state index in [1.807, 2.05) is 6.92 Å². The van der Waals surface area contributed by atoms with Crippen molar-refractivity contribution in [3.63, 3.8) is 0 Å². The Kier molecular flexibility index (Phi) is 13.7. The molecule has 0 aromatic carbocycles. The number of aliphatic hydroxyl groups excluding tert-OH is 3. The molecule has 0 saturated carbocycles. The zero-order valence-electron chi connectivity index (χ0n) is 29.7. The highest BCUT2D eigenvalue weighted by molar-refractivity contribution is 5.71. The highest BCUT2D eigenvalue weighted by atomic mass is 16.8. The van der Waals surface area contributed by atoms with Gasteiger partial charge in [-0.15, -0.1) is 0 Å². The van der Waals surface area contributed by atoms with E-state index in [0.29, 0.717) is 12.8 Å². The Labute approximate surface area is 287 Å². The third kappa shape index (κ3) is 9.29. The highest BCUT2D eigenvalue weighted by Crippen LogP contribution is 2.35. The second-order valence-electron chi connectivity index (χ2n) is 13.8. The minimum absolute atomic E-state index is 0.0669. The van der Waals surface area contributed by atoms with Crippen molar-refractivity contribution < 1.29 is 77.0 Å². The van der Waals surface area contributed by atoms with Gasteiger partial charge in [-0.3, -0.25) is 4.79 Å². The van der Waals surface area contributed by atoms with Crippen molar-refractivity contribution in [3.05, 3.63) is 0 Å². The van der Waals surface area contributed by atoms with Gasteiger partial charge in [0.1, 0.15) is 36.6 Å². The Hall–Kier alpha value is -1.09. The van der Waals surface area contributed by atoms with Crippen molar-refractivity contribution in [2.45, 2.75) is 183 Å². The van der Waals surface area contributed by atoms with Crippen LogP contribution < -0.4 is 0 Å². The van der Waals surface area contributed by atoms with Gasteiger partial charge in [-0.2, -0.15) is 0 Å². The number of ether oxygens (including phenoxy) is 12. The first kappa shape index (κ1) is 39.1. The average molecular weight is 709 g/mol. The van der Waals surface area contributed by atoms with Crippen molar-refractivity contribution in [1.82, 2.24) is 0 Å². The Morgan fingerprint density at radius 2 is 0.898 bits per heavy atom. The van der Waals surface area contributed by atoms with Gasteiger partial charge in [0, 0.05) is 47.0 Å². The number of hydrogen-bond acceptors (Lipinski definition) is 16. The van der Waals surface area contributed by atoms with Crippen molar-refractivity contribution in [2.24, 2.45) is 0 Å². The third-order valence-corrected chi connectivity index (χ3v) is 10.2. The first-order valence-electron chi connectivity index (χ1n) is 17.4. The molecule has 0 bridgehead atoms. The lowest BCUT2D eigenvalue weighted by Gasteiger charge is -2.46. The predicted molar refractivity (Wildman–Crippen MR) is 166 cm³/mol. The van der Waals surface area contributed by atoms with E-state index in [9.17, 15) is 20.1 Å². The molecule has 0 aromatic rings. The molecule has 16 heteroatoms. The Morgan fingerprint density at radius 1 is 0.510 bits per heavy atom. The summed E-state index contributed by atoms with van der Waals surface area (Å²) in [6.07, 6.45) is -11.0. The second kappa shape index (κ2) is 17.2. The van der Waals surface area contributed by atoms with E-state index in [-0.39, 0.29) is 25.2 Å². The van der Waals surface area contributed by atoms with Crippen LogP contribution in [-0.4, -0.2) is 159 Å². The molecule has 19 atom stereocenters. The van der Waals surface area contributed by atoms with Crippen LogP contribution in [-0.2, 0) is 61.6 Å². The SMILES string of the molecule is CO[C@H]1C[C@H](O[C@H]2[C@H](O)C[C@H](O[C@H]3[C@@H](O)C[C@H](O[C@@H]4[C@@H](C)OC(=O)C[C@H]4OC)O[C@@H]3C)O[C@@H]2C)O[C@H](C)[C@H]1O[C@H]1C[C@@H](OC)[C@H](O)[C@@H](C)O1. The van der Waals surface area contributed by atoms with Gasteiger partial charge < -0.3 is 72.2 Å². The van der Waals surface area contributed by atoms with E-state index in [2.05, 4.69) is 0 Å². The zero-order valence-corrected chi connectivity index (χ0v) is 29.7. The van der Waals surface area contributed by atoms with Gasteiger partial charge in [-0.1, -0.05) is 0 Å². The van der Waals surface area contributed by atoms with Crippen LogP contribution in [0.25, 0.3) is 0 Å². The molecule has 0 unspecified atom stereocenters. The molecule has 5 aliphatic heterocycles. The molecule has 5 heterocycles. The van der Waals surface area contributed by atoms with Gasteiger partial charge in [0.25, 0.3) is 0 Å². The monoisotopic (exact) mass is 708 g/mol. The van der Waals surface area contributed by atoms with Crippen LogP contribution in [0.4, 0.5) is 0 Å². The number of aliphatic hydroxyl groups is 3. The summed E-state index contributed by atoms with van der Waals surface area (Å²) in [5.74, 6) is -0.357. The normalized spacial score (nSPS) is 49.8. The quantitative estimate of drug-likeness (QED) is 0.252. The van der Waals surface area contributed by atoms with Crippen LogP contribution >= 0.6 is 0 Å².